The zero-order valence-electron chi connectivity index (χ0n) is 15.6. The molecule has 1 aliphatic rings. The lowest BCUT2D eigenvalue weighted by atomic mass is 10.0. The molecule has 2 heterocycles. The summed E-state index contributed by atoms with van der Waals surface area (Å²) < 4.78 is 1.15. The molecule has 0 spiro atoms. The van der Waals surface area contributed by atoms with Crippen LogP contribution in [0, 0.1) is 5.92 Å². The molecule has 6 heteroatoms. The smallest absolute Gasteiger partial charge is 0.315 e. The molecule has 5 nitrogen and oxygen atoms in total. The number of fused-ring (bicyclic) bond motifs is 1. The van der Waals surface area contributed by atoms with Crippen molar-refractivity contribution >= 4 is 27.5 Å². The maximum absolute atomic E-state index is 12.1. The number of piperidine rings is 1. The maximum Gasteiger partial charge on any atom is 0.315 e. The number of carbonyl (C=O) groups excluding carboxylic acids is 1. The summed E-state index contributed by atoms with van der Waals surface area (Å²) in [7, 11) is 0. The SMILES string of the molecule is CC(C)CN1CCC(NC(=O)NCC(O)c2cc3ccccc3s2)CC1. The minimum absolute atomic E-state index is 0.188. The van der Waals surface area contributed by atoms with Crippen LogP contribution in [0.3, 0.4) is 0 Å². The fraction of sp³-hybridized carbons (Fsp3) is 0.550. The van der Waals surface area contributed by atoms with E-state index in [4.69, 9.17) is 0 Å². The van der Waals surface area contributed by atoms with Crippen molar-refractivity contribution in [2.75, 3.05) is 26.2 Å². The number of carbonyl (C=O) groups is 1. The van der Waals surface area contributed by atoms with Gasteiger partial charge in [-0.2, -0.15) is 0 Å². The van der Waals surface area contributed by atoms with Gasteiger partial charge in [0.15, 0.2) is 0 Å². The van der Waals surface area contributed by atoms with Gasteiger partial charge in [0.2, 0.25) is 0 Å². The summed E-state index contributed by atoms with van der Waals surface area (Å²) in [5, 5.41) is 17.3. The number of aliphatic hydroxyl groups is 1. The van der Waals surface area contributed by atoms with Gasteiger partial charge in [-0.25, -0.2) is 4.79 Å². The number of nitrogens with zero attached hydrogens (tertiary/aromatic N) is 1. The highest BCUT2D eigenvalue weighted by molar-refractivity contribution is 7.19. The molecule has 0 bridgehead atoms. The number of amides is 2. The molecule has 1 saturated heterocycles. The fourth-order valence-corrected chi connectivity index (χ4v) is 4.52. The Labute approximate surface area is 159 Å². The van der Waals surface area contributed by atoms with E-state index in [0.717, 1.165) is 47.4 Å². The Bertz CT molecular complexity index is 690. The Balaban J connectivity index is 1.41. The second kappa shape index (κ2) is 8.84. The van der Waals surface area contributed by atoms with Crippen molar-refractivity contribution in [1.29, 1.82) is 0 Å². The van der Waals surface area contributed by atoms with Crippen molar-refractivity contribution in [3.05, 3.63) is 35.2 Å². The van der Waals surface area contributed by atoms with Crippen LogP contribution in [0.4, 0.5) is 4.79 Å². The first-order valence-corrected chi connectivity index (χ1v) is 10.3. The summed E-state index contributed by atoms with van der Waals surface area (Å²) in [6, 6.07) is 10.1. The van der Waals surface area contributed by atoms with E-state index in [2.05, 4.69) is 29.4 Å². The van der Waals surface area contributed by atoms with E-state index in [-0.39, 0.29) is 18.6 Å². The van der Waals surface area contributed by atoms with Crippen LogP contribution in [0.2, 0.25) is 0 Å². The Hall–Kier alpha value is -1.63. The number of hydrogen-bond acceptors (Lipinski definition) is 4. The van der Waals surface area contributed by atoms with Gasteiger partial charge in [-0.3, -0.25) is 0 Å². The highest BCUT2D eigenvalue weighted by Gasteiger charge is 2.21. The van der Waals surface area contributed by atoms with Gasteiger partial charge in [0, 0.05) is 35.3 Å². The van der Waals surface area contributed by atoms with Crippen LogP contribution in [0.15, 0.2) is 30.3 Å². The highest BCUT2D eigenvalue weighted by Crippen LogP contribution is 2.29. The molecule has 0 radical (unpaired) electrons. The van der Waals surface area contributed by atoms with E-state index in [0.29, 0.717) is 5.92 Å². The van der Waals surface area contributed by atoms with Crippen LogP contribution in [-0.2, 0) is 0 Å². The van der Waals surface area contributed by atoms with Gasteiger partial charge in [-0.1, -0.05) is 32.0 Å². The van der Waals surface area contributed by atoms with Crippen LogP contribution in [0.5, 0.6) is 0 Å². The summed E-state index contributed by atoms with van der Waals surface area (Å²) >= 11 is 1.57. The summed E-state index contributed by atoms with van der Waals surface area (Å²) in [5.41, 5.74) is 0. The molecular weight excluding hydrogens is 346 g/mol. The largest absolute Gasteiger partial charge is 0.386 e. The van der Waals surface area contributed by atoms with Crippen molar-refractivity contribution in [3.63, 3.8) is 0 Å². The van der Waals surface area contributed by atoms with Crippen molar-refractivity contribution in [2.45, 2.75) is 38.8 Å². The van der Waals surface area contributed by atoms with Gasteiger partial charge in [0.1, 0.15) is 6.10 Å². The van der Waals surface area contributed by atoms with Gasteiger partial charge in [0.05, 0.1) is 6.54 Å². The van der Waals surface area contributed by atoms with Gasteiger partial charge in [-0.05, 0) is 36.3 Å². The first-order chi connectivity index (χ1) is 12.5. The first kappa shape index (κ1) is 19.1. The Morgan fingerprint density at radius 3 is 2.73 bits per heavy atom. The average Bonchev–Trinajstić information content (AvgIpc) is 3.05. The fourth-order valence-electron chi connectivity index (χ4n) is 3.47. The molecule has 26 heavy (non-hydrogen) atoms. The number of nitrogens with one attached hydrogen (secondary N) is 2. The molecule has 1 unspecified atom stereocenters. The van der Waals surface area contributed by atoms with Crippen molar-refractivity contribution in [1.82, 2.24) is 15.5 Å². The van der Waals surface area contributed by atoms with E-state index in [1.807, 2.05) is 30.3 Å². The minimum atomic E-state index is -0.675. The van der Waals surface area contributed by atoms with Crippen LogP contribution >= 0.6 is 11.3 Å². The number of rotatable bonds is 6. The Morgan fingerprint density at radius 2 is 2.04 bits per heavy atom. The molecule has 3 rings (SSSR count). The number of urea groups is 1. The molecule has 2 aromatic rings. The number of thiophene rings is 1. The summed E-state index contributed by atoms with van der Waals surface area (Å²) in [6.45, 7) is 7.89. The van der Waals surface area contributed by atoms with E-state index in [1.54, 1.807) is 11.3 Å². The van der Waals surface area contributed by atoms with Crippen molar-refractivity contribution in [3.8, 4) is 0 Å². The molecule has 1 aromatic heterocycles. The van der Waals surface area contributed by atoms with E-state index >= 15 is 0 Å². The monoisotopic (exact) mass is 375 g/mol. The summed E-state index contributed by atoms with van der Waals surface area (Å²) in [5.74, 6) is 0.679. The number of aliphatic hydroxyl groups excluding tert-OH is 1. The van der Waals surface area contributed by atoms with E-state index in [1.165, 1.54) is 0 Å². The number of likely N-dealkylation sites (tertiary alicyclic amines) is 1. The lowest BCUT2D eigenvalue weighted by Crippen LogP contribution is -2.48. The number of hydrogen-bond donors (Lipinski definition) is 3. The topological polar surface area (TPSA) is 64.6 Å². The van der Waals surface area contributed by atoms with Gasteiger partial charge >= 0.3 is 6.03 Å². The predicted octanol–water partition coefficient (Wildman–Crippen LogP) is 3.35. The minimum Gasteiger partial charge on any atom is -0.386 e. The lowest BCUT2D eigenvalue weighted by molar-refractivity contribution is 0.167. The van der Waals surface area contributed by atoms with Crippen LogP contribution in [0.1, 0.15) is 37.7 Å². The molecule has 1 atom stereocenters. The standard InChI is InChI=1S/C20H29N3O2S/c1-14(2)13-23-9-7-16(8-10-23)22-20(25)21-12-17(24)19-11-15-5-3-4-6-18(15)26-19/h3-6,11,14,16-17,24H,7-10,12-13H2,1-2H3,(H2,21,22,25). The molecule has 0 aliphatic carbocycles. The third kappa shape index (κ3) is 5.19. The highest BCUT2D eigenvalue weighted by atomic mass is 32.1. The third-order valence-electron chi connectivity index (χ3n) is 4.78. The lowest BCUT2D eigenvalue weighted by Gasteiger charge is -2.33. The van der Waals surface area contributed by atoms with E-state index in [9.17, 15) is 9.90 Å². The average molecular weight is 376 g/mol. The number of benzene rings is 1. The molecule has 0 saturated carbocycles. The van der Waals surface area contributed by atoms with Crippen molar-refractivity contribution in [2.24, 2.45) is 5.92 Å². The van der Waals surface area contributed by atoms with Gasteiger partial charge in [-0.15, -0.1) is 11.3 Å². The van der Waals surface area contributed by atoms with Gasteiger partial charge < -0.3 is 20.6 Å². The van der Waals surface area contributed by atoms with Crippen LogP contribution < -0.4 is 10.6 Å². The quantitative estimate of drug-likeness (QED) is 0.725. The van der Waals surface area contributed by atoms with Gasteiger partial charge in [0.25, 0.3) is 0 Å². The molecule has 1 fully saturated rings. The van der Waals surface area contributed by atoms with E-state index < -0.39 is 6.10 Å². The molecule has 142 valence electrons. The molecule has 1 aromatic carbocycles. The summed E-state index contributed by atoms with van der Waals surface area (Å²) in [4.78, 5) is 15.5. The third-order valence-corrected chi connectivity index (χ3v) is 5.99. The second-order valence-corrected chi connectivity index (χ2v) is 8.64. The van der Waals surface area contributed by atoms with Crippen LogP contribution in [-0.4, -0.2) is 48.3 Å². The van der Waals surface area contributed by atoms with Crippen LogP contribution in [0.25, 0.3) is 10.1 Å². The Kier molecular flexibility index (Phi) is 6.51. The normalized spacial score (nSPS) is 17.5. The molecule has 1 aliphatic heterocycles. The first-order valence-electron chi connectivity index (χ1n) is 9.44. The predicted molar refractivity (Wildman–Crippen MR) is 108 cm³/mol. The molecule has 2 amide bonds. The maximum atomic E-state index is 12.1. The van der Waals surface area contributed by atoms with Crippen molar-refractivity contribution < 1.29 is 9.90 Å². The Morgan fingerprint density at radius 1 is 1.31 bits per heavy atom. The second-order valence-electron chi connectivity index (χ2n) is 7.53. The summed E-state index contributed by atoms with van der Waals surface area (Å²) in [6.07, 6.45) is 1.30. The molecular formula is C20H29N3O2S. The zero-order valence-corrected chi connectivity index (χ0v) is 16.4. The molecule has 3 N–H and O–H groups in total. The zero-order chi connectivity index (χ0) is 18.5.